The third-order valence-electron chi connectivity index (χ3n) is 2.60. The van der Waals surface area contributed by atoms with E-state index in [2.05, 4.69) is 15.4 Å². The van der Waals surface area contributed by atoms with Crippen LogP contribution in [0, 0.1) is 24.4 Å². The Morgan fingerprint density at radius 1 is 1.11 bits per heavy atom. The predicted octanol–water partition coefficient (Wildman–Crippen LogP) is 1.76. The standard InChI is InChI=1S/C12H11F3N4/c1-6-4-17-12(18-5-6)11(19-16)7-2-3-8(13)10(15)9(7)14/h2-5,11,19H,16H2,1H3. The lowest BCUT2D eigenvalue weighted by Crippen LogP contribution is -2.31. The predicted molar refractivity (Wildman–Crippen MR) is 62.3 cm³/mol. The Kier molecular flexibility index (Phi) is 3.77. The maximum absolute atomic E-state index is 13.7. The van der Waals surface area contributed by atoms with Crippen molar-refractivity contribution in [3.8, 4) is 0 Å². The number of halogens is 3. The first-order valence-corrected chi connectivity index (χ1v) is 5.42. The van der Waals surface area contributed by atoms with E-state index in [0.29, 0.717) is 0 Å². The van der Waals surface area contributed by atoms with E-state index in [1.165, 1.54) is 12.4 Å². The van der Waals surface area contributed by atoms with Crippen molar-refractivity contribution in [3.05, 3.63) is 58.9 Å². The summed E-state index contributed by atoms with van der Waals surface area (Å²) in [6, 6.07) is 0.962. The molecular formula is C12H11F3N4. The molecule has 1 aromatic heterocycles. The first kappa shape index (κ1) is 13.4. The van der Waals surface area contributed by atoms with E-state index in [1.54, 1.807) is 6.92 Å². The molecule has 0 fully saturated rings. The van der Waals surface area contributed by atoms with Crippen LogP contribution in [-0.4, -0.2) is 9.97 Å². The summed E-state index contributed by atoms with van der Waals surface area (Å²) in [7, 11) is 0. The van der Waals surface area contributed by atoms with E-state index in [-0.39, 0.29) is 11.4 Å². The molecule has 2 aromatic rings. The second kappa shape index (κ2) is 5.33. The highest BCUT2D eigenvalue weighted by atomic mass is 19.2. The highest BCUT2D eigenvalue weighted by Crippen LogP contribution is 2.24. The molecule has 0 saturated heterocycles. The fourth-order valence-corrected chi connectivity index (χ4v) is 1.62. The Hall–Kier alpha value is -1.99. The van der Waals surface area contributed by atoms with E-state index in [9.17, 15) is 13.2 Å². The molecule has 0 saturated carbocycles. The van der Waals surface area contributed by atoms with Crippen molar-refractivity contribution in [1.82, 2.24) is 15.4 Å². The van der Waals surface area contributed by atoms with Crippen LogP contribution in [0.4, 0.5) is 13.2 Å². The van der Waals surface area contributed by atoms with Crippen LogP contribution in [0.5, 0.6) is 0 Å². The number of nitrogens with zero attached hydrogens (tertiary/aromatic N) is 2. The van der Waals surface area contributed by atoms with Crippen LogP contribution in [0.25, 0.3) is 0 Å². The maximum Gasteiger partial charge on any atom is 0.194 e. The first-order valence-electron chi connectivity index (χ1n) is 5.42. The fraction of sp³-hybridized carbons (Fsp3) is 0.167. The third kappa shape index (κ3) is 2.56. The van der Waals surface area contributed by atoms with Gasteiger partial charge in [0, 0.05) is 18.0 Å². The molecule has 100 valence electrons. The van der Waals surface area contributed by atoms with Crippen molar-refractivity contribution >= 4 is 0 Å². The van der Waals surface area contributed by atoms with Crippen molar-refractivity contribution in [2.45, 2.75) is 13.0 Å². The van der Waals surface area contributed by atoms with Gasteiger partial charge in [-0.2, -0.15) is 0 Å². The fourth-order valence-electron chi connectivity index (χ4n) is 1.62. The molecule has 2 rings (SSSR count). The second-order valence-corrected chi connectivity index (χ2v) is 3.98. The average molecular weight is 268 g/mol. The molecule has 0 amide bonds. The quantitative estimate of drug-likeness (QED) is 0.506. The Morgan fingerprint density at radius 3 is 2.32 bits per heavy atom. The van der Waals surface area contributed by atoms with Gasteiger partial charge in [-0.05, 0) is 18.6 Å². The monoisotopic (exact) mass is 268 g/mol. The number of hydrogen-bond acceptors (Lipinski definition) is 4. The van der Waals surface area contributed by atoms with E-state index < -0.39 is 23.5 Å². The molecule has 19 heavy (non-hydrogen) atoms. The summed E-state index contributed by atoms with van der Waals surface area (Å²) in [6.07, 6.45) is 3.04. The Balaban J connectivity index is 2.48. The number of hydrazine groups is 1. The van der Waals surface area contributed by atoms with Crippen molar-refractivity contribution in [3.63, 3.8) is 0 Å². The molecule has 0 bridgehead atoms. The van der Waals surface area contributed by atoms with E-state index in [4.69, 9.17) is 5.84 Å². The van der Waals surface area contributed by atoms with Gasteiger partial charge in [-0.1, -0.05) is 6.07 Å². The zero-order chi connectivity index (χ0) is 14.0. The largest absolute Gasteiger partial charge is 0.270 e. The molecule has 0 aliphatic rings. The van der Waals surface area contributed by atoms with Crippen LogP contribution in [0.15, 0.2) is 24.5 Å². The zero-order valence-corrected chi connectivity index (χ0v) is 9.99. The number of aryl methyl sites for hydroxylation is 1. The van der Waals surface area contributed by atoms with Gasteiger partial charge in [-0.15, -0.1) is 0 Å². The molecule has 7 heteroatoms. The van der Waals surface area contributed by atoms with Crippen LogP contribution < -0.4 is 11.3 Å². The smallest absolute Gasteiger partial charge is 0.194 e. The summed E-state index contributed by atoms with van der Waals surface area (Å²) in [5.41, 5.74) is 2.94. The minimum Gasteiger partial charge on any atom is -0.270 e. The summed E-state index contributed by atoms with van der Waals surface area (Å²) >= 11 is 0. The topological polar surface area (TPSA) is 63.8 Å². The summed E-state index contributed by atoms with van der Waals surface area (Å²) in [5, 5.41) is 0. The van der Waals surface area contributed by atoms with Crippen molar-refractivity contribution in [1.29, 1.82) is 0 Å². The van der Waals surface area contributed by atoms with E-state index in [1.807, 2.05) is 0 Å². The van der Waals surface area contributed by atoms with Crippen LogP contribution in [0.1, 0.15) is 23.0 Å². The summed E-state index contributed by atoms with van der Waals surface area (Å²) in [4.78, 5) is 7.97. The molecule has 1 atom stereocenters. The number of hydrogen-bond donors (Lipinski definition) is 2. The second-order valence-electron chi connectivity index (χ2n) is 3.98. The number of nitrogens with one attached hydrogen (secondary N) is 1. The SMILES string of the molecule is Cc1cnc(C(NN)c2ccc(F)c(F)c2F)nc1. The molecule has 0 aliphatic carbocycles. The first-order chi connectivity index (χ1) is 9.04. The lowest BCUT2D eigenvalue weighted by molar-refractivity contribution is 0.431. The van der Waals surface area contributed by atoms with Gasteiger partial charge in [-0.25, -0.2) is 28.6 Å². The molecule has 1 unspecified atom stereocenters. The molecular weight excluding hydrogens is 257 g/mol. The van der Waals surface area contributed by atoms with E-state index >= 15 is 0 Å². The maximum atomic E-state index is 13.7. The number of rotatable bonds is 3. The minimum atomic E-state index is -1.55. The highest BCUT2D eigenvalue weighted by Gasteiger charge is 2.23. The summed E-state index contributed by atoms with van der Waals surface area (Å²) < 4.78 is 39.8. The number of aromatic nitrogens is 2. The molecule has 0 aliphatic heterocycles. The van der Waals surface area contributed by atoms with Crippen LogP contribution in [0.3, 0.4) is 0 Å². The molecule has 3 N–H and O–H groups in total. The number of benzene rings is 1. The summed E-state index contributed by atoms with van der Waals surface area (Å²) in [6.45, 7) is 1.78. The van der Waals surface area contributed by atoms with E-state index in [0.717, 1.165) is 17.7 Å². The van der Waals surface area contributed by atoms with Gasteiger partial charge in [0.15, 0.2) is 23.3 Å². The van der Waals surface area contributed by atoms with Crippen LogP contribution >= 0.6 is 0 Å². The van der Waals surface area contributed by atoms with Crippen molar-refractivity contribution in [2.24, 2.45) is 5.84 Å². The molecule has 0 spiro atoms. The lowest BCUT2D eigenvalue weighted by atomic mass is 10.1. The third-order valence-corrected chi connectivity index (χ3v) is 2.60. The Morgan fingerprint density at radius 2 is 1.74 bits per heavy atom. The van der Waals surface area contributed by atoms with Gasteiger partial charge < -0.3 is 0 Å². The molecule has 1 heterocycles. The van der Waals surface area contributed by atoms with Crippen molar-refractivity contribution in [2.75, 3.05) is 0 Å². The minimum absolute atomic E-state index is 0.162. The van der Waals surface area contributed by atoms with Gasteiger partial charge in [0.1, 0.15) is 6.04 Å². The van der Waals surface area contributed by atoms with Gasteiger partial charge in [0.25, 0.3) is 0 Å². The lowest BCUT2D eigenvalue weighted by Gasteiger charge is -2.16. The zero-order valence-electron chi connectivity index (χ0n) is 9.99. The molecule has 1 aromatic carbocycles. The van der Waals surface area contributed by atoms with Crippen molar-refractivity contribution < 1.29 is 13.2 Å². The Bertz CT molecular complexity index is 586. The average Bonchev–Trinajstić information content (AvgIpc) is 2.41. The van der Waals surface area contributed by atoms with Gasteiger partial charge >= 0.3 is 0 Å². The van der Waals surface area contributed by atoms with Gasteiger partial charge in [-0.3, -0.25) is 5.84 Å². The summed E-state index contributed by atoms with van der Waals surface area (Å²) in [5.74, 6) is 1.36. The molecule has 4 nitrogen and oxygen atoms in total. The van der Waals surface area contributed by atoms with Crippen LogP contribution in [0.2, 0.25) is 0 Å². The highest BCUT2D eigenvalue weighted by molar-refractivity contribution is 5.28. The normalized spacial score (nSPS) is 12.5. The van der Waals surface area contributed by atoms with Gasteiger partial charge in [0.05, 0.1) is 0 Å². The van der Waals surface area contributed by atoms with Gasteiger partial charge in [0.2, 0.25) is 0 Å². The molecule has 0 radical (unpaired) electrons. The Labute approximate surface area is 107 Å². The van der Waals surface area contributed by atoms with Crippen LogP contribution in [-0.2, 0) is 0 Å². The number of nitrogens with two attached hydrogens (primary N) is 1.